The molecule has 1 N–H and O–H groups in total. The second kappa shape index (κ2) is 4.95. The molecule has 0 aliphatic carbocycles. The molecule has 0 heterocycles. The minimum Gasteiger partial charge on any atom is -0.507 e. The molecule has 0 saturated carbocycles. The van der Waals surface area contributed by atoms with E-state index in [1.54, 1.807) is 18.3 Å². The Kier molecular flexibility index (Phi) is 3.18. The maximum atomic E-state index is 9.61. The van der Waals surface area contributed by atoms with Crippen molar-refractivity contribution in [1.82, 2.24) is 0 Å². The molecule has 0 saturated heterocycles. The molecular weight excluding hydrogens is 212 g/mol. The number of hydrogen-bond acceptors (Lipinski definition) is 3. The molecule has 2 aromatic rings. The molecule has 3 heteroatoms. The molecule has 0 bridgehead atoms. The van der Waals surface area contributed by atoms with Gasteiger partial charge in [0.25, 0.3) is 0 Å². The fourth-order valence-corrected chi connectivity index (χ4v) is 1.39. The average molecular weight is 222 g/mol. The molecular formula is C14H10N2O. The van der Waals surface area contributed by atoms with E-state index in [1.807, 2.05) is 36.4 Å². The van der Waals surface area contributed by atoms with Crippen molar-refractivity contribution in [3.8, 4) is 11.8 Å². The van der Waals surface area contributed by atoms with Crippen LogP contribution in [0.5, 0.6) is 5.75 Å². The van der Waals surface area contributed by atoms with Crippen molar-refractivity contribution >= 4 is 11.9 Å². The van der Waals surface area contributed by atoms with Crippen LogP contribution in [-0.2, 0) is 0 Å². The number of hydrogen-bond donors (Lipinski definition) is 1. The molecule has 82 valence electrons. The summed E-state index contributed by atoms with van der Waals surface area (Å²) in [5.74, 6) is 0.115. The van der Waals surface area contributed by atoms with Crippen molar-refractivity contribution in [3.05, 3.63) is 59.7 Å². The lowest BCUT2D eigenvalue weighted by Gasteiger charge is -1.98. The van der Waals surface area contributed by atoms with E-state index in [2.05, 4.69) is 4.99 Å². The molecule has 3 nitrogen and oxygen atoms in total. The van der Waals surface area contributed by atoms with Gasteiger partial charge >= 0.3 is 0 Å². The topological polar surface area (TPSA) is 56.4 Å². The quantitative estimate of drug-likeness (QED) is 0.794. The van der Waals surface area contributed by atoms with Crippen LogP contribution < -0.4 is 0 Å². The van der Waals surface area contributed by atoms with E-state index in [4.69, 9.17) is 5.26 Å². The van der Waals surface area contributed by atoms with E-state index in [0.717, 1.165) is 5.69 Å². The average Bonchev–Trinajstić information content (AvgIpc) is 2.39. The van der Waals surface area contributed by atoms with Crippen molar-refractivity contribution in [2.75, 3.05) is 0 Å². The third kappa shape index (κ3) is 2.70. The second-order valence-electron chi connectivity index (χ2n) is 3.48. The van der Waals surface area contributed by atoms with Crippen molar-refractivity contribution in [3.63, 3.8) is 0 Å². The Balaban J connectivity index is 2.30. The fourth-order valence-electron chi connectivity index (χ4n) is 1.39. The molecule has 0 amide bonds. The summed E-state index contributed by atoms with van der Waals surface area (Å²) < 4.78 is 0. The molecule has 17 heavy (non-hydrogen) atoms. The van der Waals surface area contributed by atoms with E-state index < -0.39 is 0 Å². The Hall–Kier alpha value is -2.60. The molecule has 0 fully saturated rings. The van der Waals surface area contributed by atoms with Gasteiger partial charge in [0, 0.05) is 11.8 Å². The Labute approximate surface area is 99.3 Å². The van der Waals surface area contributed by atoms with Gasteiger partial charge in [-0.25, -0.2) is 0 Å². The zero-order valence-electron chi connectivity index (χ0n) is 9.04. The highest BCUT2D eigenvalue weighted by Gasteiger charge is 1.99. The minimum atomic E-state index is 0.115. The summed E-state index contributed by atoms with van der Waals surface area (Å²) in [5.41, 5.74) is 1.83. The predicted molar refractivity (Wildman–Crippen MR) is 66.5 cm³/mol. The number of para-hydroxylation sites is 1. The number of nitrogens with zero attached hydrogens (tertiary/aromatic N) is 2. The molecule has 0 atom stereocenters. The largest absolute Gasteiger partial charge is 0.507 e. The summed E-state index contributed by atoms with van der Waals surface area (Å²) in [6, 6.07) is 16.1. The number of phenols is 1. The van der Waals surface area contributed by atoms with Crippen molar-refractivity contribution < 1.29 is 5.11 Å². The summed E-state index contributed by atoms with van der Waals surface area (Å²) in [6.07, 6.45) is 1.55. The number of phenolic OH excluding ortho intramolecular Hbond substituents is 1. The van der Waals surface area contributed by atoms with Gasteiger partial charge in [0.1, 0.15) is 5.75 Å². The van der Waals surface area contributed by atoms with Gasteiger partial charge in [-0.05, 0) is 30.3 Å². The Bertz CT molecular complexity index is 583. The maximum absolute atomic E-state index is 9.61. The van der Waals surface area contributed by atoms with E-state index in [-0.39, 0.29) is 5.75 Å². The molecule has 0 radical (unpaired) electrons. The number of benzene rings is 2. The first kappa shape index (κ1) is 10.9. The Morgan fingerprint density at radius 3 is 2.59 bits per heavy atom. The summed E-state index contributed by atoms with van der Waals surface area (Å²) in [4.78, 5) is 4.22. The number of aromatic hydroxyl groups is 1. The highest BCUT2D eigenvalue weighted by molar-refractivity contribution is 5.85. The van der Waals surface area contributed by atoms with Gasteiger partial charge in [0.2, 0.25) is 0 Å². The lowest BCUT2D eigenvalue weighted by molar-refractivity contribution is 0.474. The van der Waals surface area contributed by atoms with E-state index in [9.17, 15) is 5.11 Å². The summed E-state index contributed by atoms with van der Waals surface area (Å²) >= 11 is 0. The van der Waals surface area contributed by atoms with Gasteiger partial charge in [0.15, 0.2) is 0 Å². The smallest absolute Gasteiger partial charge is 0.124 e. The number of nitriles is 1. The van der Waals surface area contributed by atoms with Gasteiger partial charge in [-0.2, -0.15) is 5.26 Å². The first-order chi connectivity index (χ1) is 8.29. The van der Waals surface area contributed by atoms with E-state index in [0.29, 0.717) is 11.1 Å². The monoisotopic (exact) mass is 222 g/mol. The predicted octanol–water partition coefficient (Wildman–Crippen LogP) is 3.01. The van der Waals surface area contributed by atoms with E-state index >= 15 is 0 Å². The Morgan fingerprint density at radius 2 is 1.88 bits per heavy atom. The standard InChI is InChI=1S/C14H10N2O/c15-9-11-6-7-14(17)12(8-11)10-16-13-4-2-1-3-5-13/h1-8,10,17H. The third-order valence-electron chi connectivity index (χ3n) is 2.27. The van der Waals surface area contributed by atoms with Crippen LogP contribution in [0.15, 0.2) is 53.5 Å². The zero-order chi connectivity index (χ0) is 12.1. The van der Waals surface area contributed by atoms with Crippen LogP contribution in [0.3, 0.4) is 0 Å². The van der Waals surface area contributed by atoms with Gasteiger partial charge < -0.3 is 5.11 Å². The number of rotatable bonds is 2. The summed E-state index contributed by atoms with van der Waals surface area (Å²) in [5, 5.41) is 18.4. The van der Waals surface area contributed by atoms with Gasteiger partial charge in [-0.3, -0.25) is 4.99 Å². The van der Waals surface area contributed by atoms with Crippen LogP contribution >= 0.6 is 0 Å². The highest BCUT2D eigenvalue weighted by Crippen LogP contribution is 2.17. The lowest BCUT2D eigenvalue weighted by atomic mass is 10.1. The van der Waals surface area contributed by atoms with Crippen molar-refractivity contribution in [2.24, 2.45) is 4.99 Å². The van der Waals surface area contributed by atoms with E-state index in [1.165, 1.54) is 6.07 Å². The van der Waals surface area contributed by atoms with Crippen LogP contribution in [0.2, 0.25) is 0 Å². The van der Waals surface area contributed by atoms with Crippen LogP contribution in [0, 0.1) is 11.3 Å². The molecule has 0 aromatic heterocycles. The second-order valence-corrected chi connectivity index (χ2v) is 3.48. The van der Waals surface area contributed by atoms with Crippen LogP contribution in [0.1, 0.15) is 11.1 Å². The normalized spacial score (nSPS) is 10.3. The van der Waals surface area contributed by atoms with Crippen molar-refractivity contribution in [1.29, 1.82) is 5.26 Å². The third-order valence-corrected chi connectivity index (χ3v) is 2.27. The summed E-state index contributed by atoms with van der Waals surface area (Å²) in [7, 11) is 0. The lowest BCUT2D eigenvalue weighted by Crippen LogP contribution is -1.84. The molecule has 0 unspecified atom stereocenters. The maximum Gasteiger partial charge on any atom is 0.124 e. The molecule has 0 aliphatic heterocycles. The molecule has 2 aromatic carbocycles. The first-order valence-corrected chi connectivity index (χ1v) is 5.12. The van der Waals surface area contributed by atoms with Gasteiger partial charge in [-0.15, -0.1) is 0 Å². The summed E-state index contributed by atoms with van der Waals surface area (Å²) in [6.45, 7) is 0. The Morgan fingerprint density at radius 1 is 1.12 bits per heavy atom. The zero-order valence-corrected chi connectivity index (χ0v) is 9.04. The van der Waals surface area contributed by atoms with Gasteiger partial charge in [-0.1, -0.05) is 18.2 Å². The highest BCUT2D eigenvalue weighted by atomic mass is 16.3. The SMILES string of the molecule is N#Cc1ccc(O)c(C=Nc2ccccc2)c1. The first-order valence-electron chi connectivity index (χ1n) is 5.12. The van der Waals surface area contributed by atoms with Gasteiger partial charge in [0.05, 0.1) is 17.3 Å². The fraction of sp³-hybridized carbons (Fsp3) is 0. The van der Waals surface area contributed by atoms with Crippen LogP contribution in [0.25, 0.3) is 0 Å². The molecule has 0 spiro atoms. The molecule has 0 aliphatic rings. The van der Waals surface area contributed by atoms with Crippen LogP contribution in [0.4, 0.5) is 5.69 Å². The number of aliphatic imine (C=N–C) groups is 1. The molecule has 2 rings (SSSR count). The van der Waals surface area contributed by atoms with Crippen LogP contribution in [-0.4, -0.2) is 11.3 Å². The van der Waals surface area contributed by atoms with Crippen molar-refractivity contribution in [2.45, 2.75) is 0 Å². The minimum absolute atomic E-state index is 0.115.